The molecule has 1 fully saturated rings. The maximum Gasteiger partial charge on any atom is 0.0940 e. The molecule has 1 aliphatic carbocycles. The summed E-state index contributed by atoms with van der Waals surface area (Å²) in [7, 11) is 0. The minimum Gasteiger partial charge on any atom is -0.313 e. The van der Waals surface area contributed by atoms with Gasteiger partial charge in [-0.1, -0.05) is 20.8 Å². The van der Waals surface area contributed by atoms with Crippen molar-refractivity contribution in [3.05, 3.63) is 16.1 Å². The number of nitrogens with zero attached hydrogens (tertiary/aromatic N) is 1. The highest BCUT2D eigenvalue weighted by atomic mass is 32.1. The molecule has 102 valence electrons. The van der Waals surface area contributed by atoms with Gasteiger partial charge in [0.2, 0.25) is 0 Å². The lowest BCUT2D eigenvalue weighted by atomic mass is 9.70. The van der Waals surface area contributed by atoms with E-state index in [4.69, 9.17) is 0 Å². The second kappa shape index (κ2) is 5.70. The normalized spacial score (nSPS) is 27.3. The van der Waals surface area contributed by atoms with Crippen LogP contribution in [-0.2, 0) is 6.42 Å². The molecule has 0 aliphatic heterocycles. The molecule has 0 radical (unpaired) electrons. The highest BCUT2D eigenvalue weighted by Gasteiger charge is 2.31. The van der Waals surface area contributed by atoms with Crippen LogP contribution < -0.4 is 5.32 Å². The summed E-state index contributed by atoms with van der Waals surface area (Å²) < 4.78 is 0. The van der Waals surface area contributed by atoms with Gasteiger partial charge in [0.1, 0.15) is 0 Å². The second-order valence-corrected chi connectivity index (χ2v) is 7.52. The van der Waals surface area contributed by atoms with Gasteiger partial charge in [0, 0.05) is 30.1 Å². The molecule has 2 nitrogen and oxygen atoms in total. The number of thiazole rings is 1. The molecule has 2 rings (SSSR count). The highest BCUT2D eigenvalue weighted by Crippen LogP contribution is 2.38. The van der Waals surface area contributed by atoms with Crippen molar-refractivity contribution in [1.82, 2.24) is 10.3 Å². The standard InChI is InChI=1S/C15H26N2S/c1-11-9-15(3,4)7-5-13(11)16-8-6-14-17-12(2)10-18-14/h10-11,13,16H,5-9H2,1-4H3. The average molecular weight is 266 g/mol. The second-order valence-electron chi connectivity index (χ2n) is 6.58. The molecule has 0 amide bonds. The van der Waals surface area contributed by atoms with Gasteiger partial charge in [-0.3, -0.25) is 0 Å². The largest absolute Gasteiger partial charge is 0.313 e. The summed E-state index contributed by atoms with van der Waals surface area (Å²) in [4.78, 5) is 4.51. The zero-order valence-corrected chi connectivity index (χ0v) is 12.9. The Bertz CT molecular complexity index is 384. The van der Waals surface area contributed by atoms with Gasteiger partial charge in [0.05, 0.1) is 5.01 Å². The third-order valence-electron chi connectivity index (χ3n) is 4.11. The first kappa shape index (κ1) is 14.0. The molecular formula is C15H26N2S. The van der Waals surface area contributed by atoms with Crippen molar-refractivity contribution in [3.8, 4) is 0 Å². The fourth-order valence-electron chi connectivity index (χ4n) is 3.13. The lowest BCUT2D eigenvalue weighted by molar-refractivity contribution is 0.149. The minimum atomic E-state index is 0.546. The number of nitrogens with one attached hydrogen (secondary N) is 1. The van der Waals surface area contributed by atoms with E-state index < -0.39 is 0 Å². The monoisotopic (exact) mass is 266 g/mol. The summed E-state index contributed by atoms with van der Waals surface area (Å²) in [5.74, 6) is 0.798. The number of aromatic nitrogens is 1. The van der Waals surface area contributed by atoms with E-state index >= 15 is 0 Å². The van der Waals surface area contributed by atoms with Crippen LogP contribution in [0, 0.1) is 18.3 Å². The molecule has 0 bridgehead atoms. The maximum atomic E-state index is 4.51. The zero-order valence-electron chi connectivity index (χ0n) is 12.1. The summed E-state index contributed by atoms with van der Waals surface area (Å²) in [6.07, 6.45) is 5.10. The van der Waals surface area contributed by atoms with Crippen LogP contribution in [0.5, 0.6) is 0 Å². The van der Waals surface area contributed by atoms with Gasteiger partial charge in [-0.15, -0.1) is 11.3 Å². The van der Waals surface area contributed by atoms with Crippen LogP contribution >= 0.6 is 11.3 Å². The van der Waals surface area contributed by atoms with Gasteiger partial charge in [0.15, 0.2) is 0 Å². The summed E-state index contributed by atoms with van der Waals surface area (Å²) in [5, 5.41) is 7.14. The Hall–Kier alpha value is -0.410. The molecule has 0 aromatic carbocycles. The Morgan fingerprint density at radius 2 is 2.28 bits per heavy atom. The molecule has 1 heterocycles. The predicted molar refractivity (Wildman–Crippen MR) is 79.1 cm³/mol. The van der Waals surface area contributed by atoms with Crippen LogP contribution in [0.1, 0.15) is 50.7 Å². The molecule has 1 aromatic rings. The zero-order chi connectivity index (χ0) is 13.2. The summed E-state index contributed by atoms with van der Waals surface area (Å²) in [6, 6.07) is 0.707. The van der Waals surface area contributed by atoms with Gasteiger partial charge in [-0.2, -0.15) is 0 Å². The Labute approximate surface area is 115 Å². The van der Waals surface area contributed by atoms with Crippen LogP contribution in [0.4, 0.5) is 0 Å². The minimum absolute atomic E-state index is 0.546. The first-order chi connectivity index (χ1) is 8.46. The van der Waals surface area contributed by atoms with Crippen molar-refractivity contribution in [2.75, 3.05) is 6.54 Å². The Kier molecular flexibility index (Phi) is 4.44. The summed E-state index contributed by atoms with van der Waals surface area (Å²) >= 11 is 1.79. The van der Waals surface area contributed by atoms with Crippen molar-refractivity contribution in [3.63, 3.8) is 0 Å². The van der Waals surface area contributed by atoms with E-state index in [1.807, 2.05) is 0 Å². The van der Waals surface area contributed by atoms with Crippen molar-refractivity contribution in [2.45, 2.75) is 59.4 Å². The van der Waals surface area contributed by atoms with Gasteiger partial charge in [-0.25, -0.2) is 4.98 Å². The van der Waals surface area contributed by atoms with Crippen LogP contribution in [0.2, 0.25) is 0 Å². The van der Waals surface area contributed by atoms with E-state index in [2.05, 4.69) is 43.4 Å². The van der Waals surface area contributed by atoms with Gasteiger partial charge < -0.3 is 5.32 Å². The lowest BCUT2D eigenvalue weighted by Gasteiger charge is -2.39. The molecule has 1 aromatic heterocycles. The number of hydrogen-bond donors (Lipinski definition) is 1. The summed E-state index contributed by atoms with van der Waals surface area (Å²) in [5.41, 5.74) is 1.70. The number of aryl methyl sites for hydroxylation is 1. The quantitative estimate of drug-likeness (QED) is 0.896. The smallest absolute Gasteiger partial charge is 0.0940 e. The third-order valence-corrected chi connectivity index (χ3v) is 5.13. The van der Waals surface area contributed by atoms with Crippen molar-refractivity contribution < 1.29 is 0 Å². The van der Waals surface area contributed by atoms with E-state index in [1.54, 1.807) is 11.3 Å². The SMILES string of the molecule is Cc1csc(CCNC2CCC(C)(C)CC2C)n1. The molecule has 2 unspecified atom stereocenters. The van der Waals surface area contributed by atoms with Crippen LogP contribution in [0.25, 0.3) is 0 Å². The molecule has 1 N–H and O–H groups in total. The van der Waals surface area contributed by atoms with E-state index in [0.717, 1.165) is 24.6 Å². The molecule has 3 heteroatoms. The van der Waals surface area contributed by atoms with E-state index in [-0.39, 0.29) is 0 Å². The Balaban J connectivity index is 1.74. The highest BCUT2D eigenvalue weighted by molar-refractivity contribution is 7.09. The molecule has 1 saturated carbocycles. The molecule has 1 aliphatic rings. The molecule has 0 saturated heterocycles. The Morgan fingerprint density at radius 3 is 2.89 bits per heavy atom. The molecule has 0 spiro atoms. The van der Waals surface area contributed by atoms with E-state index in [1.165, 1.54) is 24.3 Å². The fraction of sp³-hybridized carbons (Fsp3) is 0.800. The predicted octanol–water partition coefficient (Wildman–Crippen LogP) is 3.80. The van der Waals surface area contributed by atoms with Crippen molar-refractivity contribution in [2.24, 2.45) is 11.3 Å². The van der Waals surface area contributed by atoms with Crippen LogP contribution in [0.15, 0.2) is 5.38 Å². The number of hydrogen-bond acceptors (Lipinski definition) is 3. The molecule has 18 heavy (non-hydrogen) atoms. The van der Waals surface area contributed by atoms with Crippen molar-refractivity contribution >= 4 is 11.3 Å². The Morgan fingerprint density at radius 1 is 1.50 bits per heavy atom. The summed E-state index contributed by atoms with van der Waals surface area (Å²) in [6.45, 7) is 10.3. The van der Waals surface area contributed by atoms with Gasteiger partial charge in [0.25, 0.3) is 0 Å². The van der Waals surface area contributed by atoms with E-state index in [9.17, 15) is 0 Å². The molecule has 2 atom stereocenters. The fourth-order valence-corrected chi connectivity index (χ4v) is 3.91. The van der Waals surface area contributed by atoms with Crippen molar-refractivity contribution in [1.29, 1.82) is 0 Å². The van der Waals surface area contributed by atoms with Crippen LogP contribution in [0.3, 0.4) is 0 Å². The van der Waals surface area contributed by atoms with E-state index in [0.29, 0.717) is 11.5 Å². The van der Waals surface area contributed by atoms with Gasteiger partial charge >= 0.3 is 0 Å². The first-order valence-corrected chi connectivity index (χ1v) is 7.99. The topological polar surface area (TPSA) is 24.9 Å². The van der Waals surface area contributed by atoms with Crippen LogP contribution in [-0.4, -0.2) is 17.6 Å². The average Bonchev–Trinajstić information content (AvgIpc) is 2.67. The molecular weight excluding hydrogens is 240 g/mol. The maximum absolute atomic E-state index is 4.51. The van der Waals surface area contributed by atoms with Gasteiger partial charge in [-0.05, 0) is 37.5 Å². The third kappa shape index (κ3) is 3.79. The lowest BCUT2D eigenvalue weighted by Crippen LogP contribution is -2.42. The first-order valence-electron chi connectivity index (χ1n) is 7.11. The number of rotatable bonds is 4.